The molecular weight excluding hydrogens is 308 g/mol. The lowest BCUT2D eigenvalue weighted by Crippen LogP contribution is -2.50. The van der Waals surface area contributed by atoms with E-state index in [1.807, 2.05) is 0 Å². The molecule has 1 aromatic carbocycles. The third-order valence-corrected chi connectivity index (χ3v) is 3.97. The Morgan fingerprint density at radius 1 is 0.958 bits per heavy atom. The van der Waals surface area contributed by atoms with Crippen molar-refractivity contribution in [3.8, 4) is 5.75 Å². The Morgan fingerprint density at radius 2 is 1.58 bits per heavy atom. The van der Waals surface area contributed by atoms with Gasteiger partial charge in [-0.1, -0.05) is 0 Å². The van der Waals surface area contributed by atoms with E-state index in [4.69, 9.17) is 4.74 Å². The van der Waals surface area contributed by atoms with Gasteiger partial charge in [-0.3, -0.25) is 14.6 Å². The van der Waals surface area contributed by atoms with Crippen molar-refractivity contribution in [2.45, 2.75) is 0 Å². The normalized spacial score (nSPS) is 14.4. The third-order valence-electron chi connectivity index (χ3n) is 3.97. The topological polar surface area (TPSA) is 75.6 Å². The van der Waals surface area contributed by atoms with Crippen molar-refractivity contribution in [2.75, 3.05) is 33.3 Å². The first-order valence-corrected chi connectivity index (χ1v) is 7.67. The van der Waals surface area contributed by atoms with Crippen LogP contribution in [0.5, 0.6) is 5.75 Å². The number of hydrogen-bond donors (Lipinski definition) is 0. The van der Waals surface area contributed by atoms with Crippen molar-refractivity contribution in [1.29, 1.82) is 0 Å². The predicted octanol–water partition coefficient (Wildman–Crippen LogP) is 1.08. The van der Waals surface area contributed by atoms with Gasteiger partial charge in [-0.15, -0.1) is 0 Å². The zero-order valence-electron chi connectivity index (χ0n) is 13.4. The van der Waals surface area contributed by atoms with Crippen LogP contribution < -0.4 is 4.74 Å². The summed E-state index contributed by atoms with van der Waals surface area (Å²) in [6, 6.07) is 7.03. The van der Waals surface area contributed by atoms with E-state index in [2.05, 4.69) is 9.97 Å². The van der Waals surface area contributed by atoms with Crippen LogP contribution in [0.1, 0.15) is 20.8 Å². The zero-order chi connectivity index (χ0) is 16.9. The maximum atomic E-state index is 12.5. The molecule has 3 rings (SSSR count). The quantitative estimate of drug-likeness (QED) is 0.844. The number of carbonyl (C=O) groups is 2. The van der Waals surface area contributed by atoms with Crippen molar-refractivity contribution < 1.29 is 14.3 Å². The molecule has 0 saturated carbocycles. The number of rotatable bonds is 3. The van der Waals surface area contributed by atoms with Gasteiger partial charge in [-0.2, -0.15) is 0 Å². The highest BCUT2D eigenvalue weighted by Crippen LogP contribution is 2.15. The summed E-state index contributed by atoms with van der Waals surface area (Å²) < 4.78 is 5.10. The lowest BCUT2D eigenvalue weighted by molar-refractivity contribution is 0.0532. The third kappa shape index (κ3) is 3.34. The molecule has 0 N–H and O–H groups in total. The molecular formula is C17H18N4O3. The number of hydrogen-bond acceptors (Lipinski definition) is 5. The van der Waals surface area contributed by atoms with Crippen LogP contribution in [0.15, 0.2) is 42.9 Å². The van der Waals surface area contributed by atoms with Gasteiger partial charge in [-0.05, 0) is 24.3 Å². The molecule has 2 heterocycles. The molecule has 0 atom stereocenters. The van der Waals surface area contributed by atoms with Crippen molar-refractivity contribution in [3.05, 3.63) is 54.1 Å². The first kappa shape index (κ1) is 15.9. The van der Waals surface area contributed by atoms with Gasteiger partial charge in [-0.25, -0.2) is 4.98 Å². The minimum atomic E-state index is -0.153. The molecule has 1 aliphatic heterocycles. The lowest BCUT2D eigenvalue weighted by atomic mass is 10.1. The molecule has 2 amide bonds. The Hall–Kier alpha value is -2.96. The van der Waals surface area contributed by atoms with E-state index in [9.17, 15) is 9.59 Å². The largest absolute Gasteiger partial charge is 0.497 e. The lowest BCUT2D eigenvalue weighted by Gasteiger charge is -2.34. The highest BCUT2D eigenvalue weighted by molar-refractivity contribution is 5.95. The molecule has 1 aliphatic rings. The van der Waals surface area contributed by atoms with Gasteiger partial charge in [0.25, 0.3) is 11.8 Å². The highest BCUT2D eigenvalue weighted by atomic mass is 16.5. The van der Waals surface area contributed by atoms with Crippen LogP contribution in [0.4, 0.5) is 0 Å². The number of carbonyl (C=O) groups excluding carboxylic acids is 2. The predicted molar refractivity (Wildman–Crippen MR) is 86.8 cm³/mol. The number of methoxy groups -OCH3 is 1. The summed E-state index contributed by atoms with van der Waals surface area (Å²) in [7, 11) is 1.59. The maximum absolute atomic E-state index is 12.5. The van der Waals surface area contributed by atoms with Crippen molar-refractivity contribution in [2.24, 2.45) is 0 Å². The summed E-state index contributed by atoms with van der Waals surface area (Å²) in [5.41, 5.74) is 0.942. The average molecular weight is 326 g/mol. The minimum absolute atomic E-state index is 0.0377. The van der Waals surface area contributed by atoms with E-state index in [-0.39, 0.29) is 11.8 Å². The molecule has 124 valence electrons. The molecule has 1 fully saturated rings. The summed E-state index contributed by atoms with van der Waals surface area (Å²) in [4.78, 5) is 36.2. The molecule has 0 spiro atoms. The van der Waals surface area contributed by atoms with Crippen LogP contribution in [-0.2, 0) is 0 Å². The Bertz CT molecular complexity index is 710. The summed E-state index contributed by atoms with van der Waals surface area (Å²) in [6.07, 6.45) is 4.48. The number of nitrogens with zero attached hydrogens (tertiary/aromatic N) is 4. The monoisotopic (exact) mass is 326 g/mol. The molecule has 1 saturated heterocycles. The van der Waals surface area contributed by atoms with Crippen LogP contribution in [0, 0.1) is 0 Å². The Labute approximate surface area is 139 Å². The number of amides is 2. The van der Waals surface area contributed by atoms with Crippen molar-refractivity contribution in [3.63, 3.8) is 0 Å². The van der Waals surface area contributed by atoms with Gasteiger partial charge in [0, 0.05) is 44.1 Å². The van der Waals surface area contributed by atoms with E-state index in [0.29, 0.717) is 43.2 Å². The van der Waals surface area contributed by atoms with Gasteiger partial charge in [0.1, 0.15) is 11.4 Å². The van der Waals surface area contributed by atoms with Crippen LogP contribution >= 0.6 is 0 Å². The fourth-order valence-electron chi connectivity index (χ4n) is 2.60. The standard InChI is InChI=1S/C17H18N4O3/c1-24-14-4-2-13(3-5-14)16(22)20-8-10-21(11-9-20)17(23)15-12-18-6-7-19-15/h2-7,12H,8-11H2,1H3. The molecule has 0 bridgehead atoms. The van der Waals surface area contributed by atoms with Crippen molar-refractivity contribution >= 4 is 11.8 Å². The average Bonchev–Trinajstić information content (AvgIpc) is 2.68. The Kier molecular flexibility index (Phi) is 4.69. The van der Waals surface area contributed by atoms with Gasteiger partial charge in [0.05, 0.1) is 13.3 Å². The van der Waals surface area contributed by atoms with E-state index >= 15 is 0 Å². The van der Waals surface area contributed by atoms with Gasteiger partial charge in [0.15, 0.2) is 0 Å². The van der Waals surface area contributed by atoms with E-state index < -0.39 is 0 Å². The summed E-state index contributed by atoms with van der Waals surface area (Å²) >= 11 is 0. The summed E-state index contributed by atoms with van der Waals surface area (Å²) in [5, 5.41) is 0. The van der Waals surface area contributed by atoms with Gasteiger partial charge >= 0.3 is 0 Å². The first-order chi connectivity index (χ1) is 11.7. The van der Waals surface area contributed by atoms with Gasteiger partial charge < -0.3 is 14.5 Å². The van der Waals surface area contributed by atoms with E-state index in [1.165, 1.54) is 18.6 Å². The molecule has 0 unspecified atom stereocenters. The van der Waals surface area contributed by atoms with Crippen molar-refractivity contribution in [1.82, 2.24) is 19.8 Å². The van der Waals surface area contributed by atoms with E-state index in [0.717, 1.165) is 0 Å². The Morgan fingerprint density at radius 3 is 2.12 bits per heavy atom. The number of benzene rings is 1. The SMILES string of the molecule is COc1ccc(C(=O)N2CCN(C(=O)c3cnccn3)CC2)cc1. The van der Waals surface area contributed by atoms with Crippen LogP contribution in [-0.4, -0.2) is 64.9 Å². The molecule has 0 aliphatic carbocycles. The molecule has 0 radical (unpaired) electrons. The highest BCUT2D eigenvalue weighted by Gasteiger charge is 2.26. The zero-order valence-corrected chi connectivity index (χ0v) is 13.4. The van der Waals surface area contributed by atoms with Gasteiger partial charge in [0.2, 0.25) is 0 Å². The Balaban J connectivity index is 1.60. The fourth-order valence-corrected chi connectivity index (χ4v) is 2.60. The number of piperazine rings is 1. The second-order valence-electron chi connectivity index (χ2n) is 5.40. The second-order valence-corrected chi connectivity index (χ2v) is 5.40. The first-order valence-electron chi connectivity index (χ1n) is 7.67. The minimum Gasteiger partial charge on any atom is -0.497 e. The van der Waals surface area contributed by atoms with Crippen LogP contribution in [0.25, 0.3) is 0 Å². The summed E-state index contributed by atoms with van der Waals surface area (Å²) in [6.45, 7) is 1.96. The molecule has 24 heavy (non-hydrogen) atoms. The molecule has 2 aromatic rings. The maximum Gasteiger partial charge on any atom is 0.274 e. The summed E-state index contributed by atoms with van der Waals surface area (Å²) in [5.74, 6) is 0.523. The van der Waals surface area contributed by atoms with Crippen LogP contribution in [0.2, 0.25) is 0 Å². The second kappa shape index (κ2) is 7.08. The molecule has 7 heteroatoms. The van der Waals surface area contributed by atoms with Crippen LogP contribution in [0.3, 0.4) is 0 Å². The fraction of sp³-hybridized carbons (Fsp3) is 0.294. The number of ether oxygens (including phenoxy) is 1. The molecule has 7 nitrogen and oxygen atoms in total. The molecule has 1 aromatic heterocycles. The smallest absolute Gasteiger partial charge is 0.274 e. The number of aromatic nitrogens is 2. The van der Waals surface area contributed by atoms with E-state index in [1.54, 1.807) is 41.2 Å².